The molecular formula is C20H19NO3. The van der Waals surface area contributed by atoms with Gasteiger partial charge in [-0.1, -0.05) is 50.2 Å². The van der Waals surface area contributed by atoms with Crippen molar-refractivity contribution in [2.24, 2.45) is 5.92 Å². The highest BCUT2D eigenvalue weighted by Gasteiger charge is 2.13. The number of hydrogen-bond donors (Lipinski definition) is 0. The van der Waals surface area contributed by atoms with Crippen molar-refractivity contribution < 1.29 is 14.3 Å². The van der Waals surface area contributed by atoms with Gasteiger partial charge < -0.3 is 9.47 Å². The van der Waals surface area contributed by atoms with E-state index in [1.54, 1.807) is 38.1 Å². The summed E-state index contributed by atoms with van der Waals surface area (Å²) >= 11 is 0. The van der Waals surface area contributed by atoms with Gasteiger partial charge in [-0.2, -0.15) is 5.26 Å². The first kappa shape index (κ1) is 17.3. The van der Waals surface area contributed by atoms with Crippen molar-refractivity contribution in [2.75, 3.05) is 7.11 Å². The molecule has 24 heavy (non-hydrogen) atoms. The first-order valence-corrected chi connectivity index (χ1v) is 7.62. The van der Waals surface area contributed by atoms with E-state index in [2.05, 4.69) is 6.07 Å². The SMILES string of the molecule is COc1cc(/C=C(/C#N)c2ccccc2)ccc1OC(=O)C(C)C. The lowest BCUT2D eigenvalue weighted by Crippen LogP contribution is -2.15. The van der Waals surface area contributed by atoms with E-state index in [0.717, 1.165) is 11.1 Å². The van der Waals surface area contributed by atoms with Gasteiger partial charge in [-0.05, 0) is 29.3 Å². The monoisotopic (exact) mass is 321 g/mol. The molecule has 0 fully saturated rings. The molecule has 4 heteroatoms. The van der Waals surface area contributed by atoms with Gasteiger partial charge in [-0.3, -0.25) is 4.79 Å². The summed E-state index contributed by atoms with van der Waals surface area (Å²) in [6.45, 7) is 3.54. The Labute approximate surface area is 141 Å². The zero-order valence-electron chi connectivity index (χ0n) is 13.9. The highest BCUT2D eigenvalue weighted by atomic mass is 16.6. The summed E-state index contributed by atoms with van der Waals surface area (Å²) in [5.41, 5.74) is 2.18. The molecule has 2 aromatic carbocycles. The van der Waals surface area contributed by atoms with Gasteiger partial charge in [0.2, 0.25) is 0 Å². The molecule has 0 spiro atoms. The maximum absolute atomic E-state index is 11.7. The van der Waals surface area contributed by atoms with Crippen LogP contribution < -0.4 is 9.47 Å². The molecule has 0 aliphatic carbocycles. The quantitative estimate of drug-likeness (QED) is 0.356. The lowest BCUT2D eigenvalue weighted by molar-refractivity contribution is -0.137. The van der Waals surface area contributed by atoms with Crippen LogP contribution in [0.25, 0.3) is 11.6 Å². The van der Waals surface area contributed by atoms with Crippen LogP contribution in [0.5, 0.6) is 11.5 Å². The van der Waals surface area contributed by atoms with Crippen LogP contribution >= 0.6 is 0 Å². The minimum atomic E-state index is -0.321. The molecule has 0 aliphatic rings. The Hall–Kier alpha value is -3.06. The standard InChI is InChI=1S/C20H19NO3/c1-14(2)20(22)24-18-10-9-15(12-19(18)23-3)11-17(13-21)16-7-5-4-6-8-16/h4-12,14H,1-3H3/b17-11-. The molecule has 2 aromatic rings. The van der Waals surface area contributed by atoms with E-state index < -0.39 is 0 Å². The Morgan fingerprint density at radius 3 is 2.42 bits per heavy atom. The summed E-state index contributed by atoms with van der Waals surface area (Å²) in [4.78, 5) is 11.7. The third-order valence-corrected chi connectivity index (χ3v) is 3.39. The first-order valence-electron chi connectivity index (χ1n) is 7.62. The number of allylic oxidation sites excluding steroid dienone is 1. The number of nitrogens with zero attached hydrogens (tertiary/aromatic N) is 1. The van der Waals surface area contributed by atoms with Gasteiger partial charge >= 0.3 is 5.97 Å². The molecule has 0 aromatic heterocycles. The van der Waals surface area contributed by atoms with Crippen molar-refractivity contribution in [3.63, 3.8) is 0 Å². The van der Waals surface area contributed by atoms with Gasteiger partial charge in [0.25, 0.3) is 0 Å². The van der Waals surface area contributed by atoms with Crippen LogP contribution in [0.15, 0.2) is 48.5 Å². The summed E-state index contributed by atoms with van der Waals surface area (Å²) in [7, 11) is 1.51. The number of carbonyl (C=O) groups excluding carboxylic acids is 1. The van der Waals surface area contributed by atoms with Crippen molar-refractivity contribution in [2.45, 2.75) is 13.8 Å². The Morgan fingerprint density at radius 1 is 1.12 bits per heavy atom. The number of hydrogen-bond acceptors (Lipinski definition) is 4. The fourth-order valence-electron chi connectivity index (χ4n) is 2.05. The van der Waals surface area contributed by atoms with Crippen LogP contribution in [-0.4, -0.2) is 13.1 Å². The van der Waals surface area contributed by atoms with E-state index in [9.17, 15) is 10.1 Å². The van der Waals surface area contributed by atoms with Crippen LogP contribution in [0.2, 0.25) is 0 Å². The predicted octanol–water partition coefficient (Wildman–Crippen LogP) is 4.32. The average molecular weight is 321 g/mol. The largest absolute Gasteiger partial charge is 0.493 e. The highest BCUT2D eigenvalue weighted by Crippen LogP contribution is 2.30. The van der Waals surface area contributed by atoms with Crippen molar-refractivity contribution >= 4 is 17.6 Å². The molecule has 0 N–H and O–H groups in total. The van der Waals surface area contributed by atoms with Crippen LogP contribution in [0.1, 0.15) is 25.0 Å². The predicted molar refractivity (Wildman–Crippen MR) is 93.4 cm³/mol. The van der Waals surface area contributed by atoms with Crippen molar-refractivity contribution in [1.82, 2.24) is 0 Å². The maximum Gasteiger partial charge on any atom is 0.313 e. The Kier molecular flexibility index (Phi) is 5.75. The molecule has 0 bridgehead atoms. The number of esters is 1. The van der Waals surface area contributed by atoms with E-state index in [1.165, 1.54) is 7.11 Å². The molecule has 0 heterocycles. The summed E-state index contributed by atoms with van der Waals surface area (Å²) in [5.74, 6) is 0.269. The summed E-state index contributed by atoms with van der Waals surface area (Å²) in [6, 6.07) is 16.8. The zero-order chi connectivity index (χ0) is 17.5. The Bertz CT molecular complexity index is 786. The van der Waals surface area contributed by atoms with Gasteiger partial charge in [0, 0.05) is 0 Å². The second-order valence-corrected chi connectivity index (χ2v) is 5.52. The third kappa shape index (κ3) is 4.23. The van der Waals surface area contributed by atoms with Gasteiger partial charge in [-0.15, -0.1) is 0 Å². The molecule has 0 saturated carbocycles. The van der Waals surface area contributed by atoms with E-state index in [-0.39, 0.29) is 11.9 Å². The summed E-state index contributed by atoms with van der Waals surface area (Å²) < 4.78 is 10.6. The first-order chi connectivity index (χ1) is 11.5. The fourth-order valence-corrected chi connectivity index (χ4v) is 2.05. The molecule has 0 radical (unpaired) electrons. The number of nitriles is 1. The second-order valence-electron chi connectivity index (χ2n) is 5.52. The smallest absolute Gasteiger partial charge is 0.313 e. The van der Waals surface area contributed by atoms with Crippen molar-refractivity contribution in [1.29, 1.82) is 5.26 Å². The number of benzene rings is 2. The second kappa shape index (κ2) is 7.98. The lowest BCUT2D eigenvalue weighted by atomic mass is 10.0. The molecule has 2 rings (SSSR count). The molecule has 0 aliphatic heterocycles. The van der Waals surface area contributed by atoms with Crippen LogP contribution in [-0.2, 0) is 4.79 Å². The molecule has 0 amide bonds. The van der Waals surface area contributed by atoms with Crippen LogP contribution in [0, 0.1) is 17.2 Å². The molecule has 4 nitrogen and oxygen atoms in total. The molecule has 122 valence electrons. The van der Waals surface area contributed by atoms with E-state index in [1.807, 2.05) is 30.3 Å². The Balaban J connectivity index is 2.34. The minimum absolute atomic E-state index is 0.224. The van der Waals surface area contributed by atoms with Crippen LogP contribution in [0.3, 0.4) is 0 Å². The van der Waals surface area contributed by atoms with Crippen molar-refractivity contribution in [3.05, 3.63) is 59.7 Å². The maximum atomic E-state index is 11.7. The topological polar surface area (TPSA) is 59.3 Å². The van der Waals surface area contributed by atoms with Gasteiger partial charge in [-0.25, -0.2) is 0 Å². The highest BCUT2D eigenvalue weighted by molar-refractivity contribution is 5.89. The zero-order valence-corrected chi connectivity index (χ0v) is 13.9. The van der Waals surface area contributed by atoms with Gasteiger partial charge in [0.1, 0.15) is 0 Å². The van der Waals surface area contributed by atoms with Crippen LogP contribution in [0.4, 0.5) is 0 Å². The van der Waals surface area contributed by atoms with Gasteiger partial charge in [0.15, 0.2) is 11.5 Å². The summed E-state index contributed by atoms with van der Waals surface area (Å²) in [5, 5.41) is 9.38. The molecule has 0 unspecified atom stereocenters. The lowest BCUT2D eigenvalue weighted by Gasteiger charge is -2.11. The third-order valence-electron chi connectivity index (χ3n) is 3.39. The number of methoxy groups -OCH3 is 1. The number of ether oxygens (including phenoxy) is 2. The number of carbonyl (C=O) groups is 1. The van der Waals surface area contributed by atoms with Gasteiger partial charge in [0.05, 0.1) is 24.7 Å². The fraction of sp³-hybridized carbons (Fsp3) is 0.200. The molecule has 0 saturated heterocycles. The normalized spacial score (nSPS) is 11.0. The number of rotatable bonds is 5. The van der Waals surface area contributed by atoms with E-state index in [4.69, 9.17) is 9.47 Å². The summed E-state index contributed by atoms with van der Waals surface area (Å²) in [6.07, 6.45) is 1.77. The molecular weight excluding hydrogens is 302 g/mol. The molecule has 0 atom stereocenters. The van der Waals surface area contributed by atoms with E-state index >= 15 is 0 Å². The minimum Gasteiger partial charge on any atom is -0.493 e. The Morgan fingerprint density at radius 2 is 1.83 bits per heavy atom. The average Bonchev–Trinajstić information content (AvgIpc) is 2.61. The van der Waals surface area contributed by atoms with E-state index in [0.29, 0.717) is 17.1 Å². The van der Waals surface area contributed by atoms with Crippen molar-refractivity contribution in [3.8, 4) is 17.6 Å².